The lowest BCUT2D eigenvalue weighted by molar-refractivity contribution is 0.624. The molecule has 5 rings (SSSR count). The van der Waals surface area contributed by atoms with Gasteiger partial charge in [0.05, 0.1) is 23.1 Å². The van der Waals surface area contributed by atoms with E-state index >= 15 is 4.39 Å². The highest BCUT2D eigenvalue weighted by Crippen LogP contribution is 2.32. The molecule has 0 saturated heterocycles. The van der Waals surface area contributed by atoms with Gasteiger partial charge in [-0.25, -0.2) is 13.8 Å². The Balaban J connectivity index is 0.00000106. The van der Waals surface area contributed by atoms with Crippen LogP contribution in [0.4, 0.5) is 20.2 Å². The highest BCUT2D eigenvalue weighted by molar-refractivity contribution is 5.89. The third-order valence-electron chi connectivity index (χ3n) is 6.93. The topological polar surface area (TPSA) is 90.6 Å². The lowest BCUT2D eigenvalue weighted by atomic mass is 10.00. The Morgan fingerprint density at radius 2 is 1.71 bits per heavy atom. The van der Waals surface area contributed by atoms with E-state index in [0.717, 1.165) is 28.0 Å². The molecule has 9 heteroatoms. The number of aromatic amines is 1. The molecule has 3 aromatic heterocycles. The summed E-state index contributed by atoms with van der Waals surface area (Å²) >= 11 is 0. The summed E-state index contributed by atoms with van der Waals surface area (Å²) in [5.41, 5.74) is 9.92. The van der Waals surface area contributed by atoms with Crippen LogP contribution in [-0.4, -0.2) is 34.0 Å². The summed E-state index contributed by atoms with van der Waals surface area (Å²) < 4.78 is 29.7. The fraction of sp³-hybridized carbons (Fsp3) is 0.231. The number of nitrogens with one attached hydrogen (secondary N) is 4. The van der Waals surface area contributed by atoms with Gasteiger partial charge in [0, 0.05) is 60.5 Å². The van der Waals surface area contributed by atoms with Crippen molar-refractivity contribution in [2.45, 2.75) is 40.7 Å². The van der Waals surface area contributed by atoms with Gasteiger partial charge in [0.1, 0.15) is 23.0 Å². The minimum absolute atomic E-state index is 0.243. The Kier molecular flexibility index (Phi) is 15.4. The maximum Gasteiger partial charge on any atom is 0.133 e. The van der Waals surface area contributed by atoms with Crippen LogP contribution in [0.3, 0.4) is 0 Å². The summed E-state index contributed by atoms with van der Waals surface area (Å²) in [6, 6.07) is 11.9. The number of terminal acetylenes is 1. The van der Waals surface area contributed by atoms with E-state index in [1.807, 2.05) is 59.0 Å². The number of anilines is 2. The van der Waals surface area contributed by atoms with Gasteiger partial charge >= 0.3 is 0 Å². The van der Waals surface area contributed by atoms with Gasteiger partial charge in [-0.05, 0) is 66.6 Å². The van der Waals surface area contributed by atoms with Crippen molar-refractivity contribution < 1.29 is 8.78 Å². The second-order valence-electron chi connectivity index (χ2n) is 10.6. The number of hydrogen-bond donors (Lipinski definition) is 4. The first-order valence-corrected chi connectivity index (χ1v) is 15.5. The number of H-pyrrole nitrogens is 1. The Hall–Kier alpha value is -5.55. The number of allylic oxidation sites excluding steroid dienone is 1. The zero-order valence-electron chi connectivity index (χ0n) is 28.6. The van der Waals surface area contributed by atoms with Crippen LogP contribution >= 0.6 is 0 Å². The maximum atomic E-state index is 15.3. The first-order valence-electron chi connectivity index (χ1n) is 15.5. The number of benzene rings is 2. The third-order valence-corrected chi connectivity index (χ3v) is 6.93. The molecule has 0 aliphatic heterocycles. The number of aromatic nitrogens is 4. The Morgan fingerprint density at radius 3 is 2.35 bits per heavy atom. The number of halogens is 2. The van der Waals surface area contributed by atoms with Crippen molar-refractivity contribution in [3.63, 3.8) is 0 Å². The molecule has 0 saturated carbocycles. The number of rotatable bonds is 10. The van der Waals surface area contributed by atoms with Crippen molar-refractivity contribution in [1.29, 1.82) is 0 Å². The van der Waals surface area contributed by atoms with Gasteiger partial charge in [0.2, 0.25) is 0 Å². The summed E-state index contributed by atoms with van der Waals surface area (Å²) in [6.45, 7) is 18.9. The molecule has 2 aromatic carbocycles. The fourth-order valence-corrected chi connectivity index (χ4v) is 4.76. The van der Waals surface area contributed by atoms with Gasteiger partial charge in [0.15, 0.2) is 0 Å². The van der Waals surface area contributed by atoms with E-state index in [1.54, 1.807) is 25.6 Å². The number of hydrogen-bond acceptors (Lipinski definition) is 6. The molecule has 3 heterocycles. The molecule has 0 fully saturated rings. The Morgan fingerprint density at radius 1 is 1.00 bits per heavy atom. The second kappa shape index (κ2) is 19.2. The van der Waals surface area contributed by atoms with Gasteiger partial charge in [-0.15, -0.1) is 18.6 Å². The SMILES string of the molecule is C#C.C=C(Nc1cncc(-c2cc(Cc3nc4c(-c5cc(F)cc(CNC)c5)nccc4[nH]3)c(NC)cc2F)c1)C(C)C.C=C=C.CC. The first-order chi connectivity index (χ1) is 23.2. The van der Waals surface area contributed by atoms with Crippen LogP contribution in [0.15, 0.2) is 92.2 Å². The summed E-state index contributed by atoms with van der Waals surface area (Å²) in [4.78, 5) is 17.1. The molecular weight excluding hydrogens is 604 g/mol. The number of imidazole rings is 1. The molecule has 5 aromatic rings. The molecule has 0 aliphatic rings. The van der Waals surface area contributed by atoms with E-state index in [4.69, 9.17) is 4.98 Å². The average molecular weight is 650 g/mol. The van der Waals surface area contributed by atoms with Crippen molar-refractivity contribution >= 4 is 22.4 Å². The van der Waals surface area contributed by atoms with Crippen molar-refractivity contribution in [3.8, 4) is 35.2 Å². The molecule has 0 bridgehead atoms. The highest BCUT2D eigenvalue weighted by atomic mass is 19.1. The molecule has 0 radical (unpaired) electrons. The van der Waals surface area contributed by atoms with Crippen LogP contribution in [0.5, 0.6) is 0 Å². The van der Waals surface area contributed by atoms with Crippen LogP contribution < -0.4 is 16.0 Å². The monoisotopic (exact) mass is 649 g/mol. The van der Waals surface area contributed by atoms with Crippen molar-refractivity contribution in [2.24, 2.45) is 5.92 Å². The van der Waals surface area contributed by atoms with E-state index in [1.165, 1.54) is 18.2 Å². The number of pyridine rings is 2. The third kappa shape index (κ3) is 9.97. The van der Waals surface area contributed by atoms with Gasteiger partial charge in [-0.3, -0.25) is 9.97 Å². The highest BCUT2D eigenvalue weighted by Gasteiger charge is 2.17. The molecule has 7 nitrogen and oxygen atoms in total. The van der Waals surface area contributed by atoms with E-state index in [2.05, 4.69) is 69.2 Å². The molecule has 48 heavy (non-hydrogen) atoms. The smallest absolute Gasteiger partial charge is 0.133 e. The standard InChI is InChI=1S/C32H33F2N7.C3H4.C2H6.C2H2/c1-18(2)19(3)39-25-11-23(16-37-17-25)26-12-21(29(36-5)14-27(26)34)13-30-40-28-6-7-38-31(32(28)41-30)22-8-20(15-35-4)9-24(33)10-22;1-3-2;2*1-2/h6-12,14,16-18,35-36,39H,3,13,15H2,1-2,4-5H3,(H,40,41);1-2H2;1-2H3;1-2H. The van der Waals surface area contributed by atoms with Crippen LogP contribution in [0.1, 0.15) is 44.6 Å². The first kappa shape index (κ1) is 38.6. The molecule has 0 atom stereocenters. The minimum Gasteiger partial charge on any atom is -0.388 e. The van der Waals surface area contributed by atoms with Crippen LogP contribution in [0.25, 0.3) is 33.4 Å². The van der Waals surface area contributed by atoms with Crippen LogP contribution in [0.2, 0.25) is 0 Å². The maximum absolute atomic E-state index is 15.3. The molecule has 0 unspecified atom stereocenters. The lowest BCUT2D eigenvalue weighted by Gasteiger charge is -2.15. The van der Waals surface area contributed by atoms with Gasteiger partial charge in [-0.1, -0.05) is 47.4 Å². The molecule has 4 N–H and O–H groups in total. The van der Waals surface area contributed by atoms with Gasteiger partial charge in [0.25, 0.3) is 0 Å². The van der Waals surface area contributed by atoms with E-state index < -0.39 is 0 Å². The zero-order valence-corrected chi connectivity index (χ0v) is 28.6. The Labute approximate surface area is 283 Å². The lowest BCUT2D eigenvalue weighted by Crippen LogP contribution is -2.05. The minimum atomic E-state index is -0.362. The number of fused-ring (bicyclic) bond motifs is 1. The fourth-order valence-electron chi connectivity index (χ4n) is 4.76. The molecule has 0 amide bonds. The summed E-state index contributed by atoms with van der Waals surface area (Å²) in [7, 11) is 3.58. The van der Waals surface area contributed by atoms with Crippen LogP contribution in [0, 0.1) is 30.4 Å². The zero-order chi connectivity index (χ0) is 35.8. The van der Waals surface area contributed by atoms with Crippen molar-refractivity contribution in [1.82, 2.24) is 25.3 Å². The van der Waals surface area contributed by atoms with Gasteiger partial charge < -0.3 is 20.9 Å². The predicted octanol–water partition coefficient (Wildman–Crippen LogP) is 9.13. The molecule has 0 spiro atoms. The van der Waals surface area contributed by atoms with Gasteiger partial charge in [-0.2, -0.15) is 0 Å². The second-order valence-corrected chi connectivity index (χ2v) is 10.6. The summed E-state index contributed by atoms with van der Waals surface area (Å²) in [5, 5.41) is 9.41. The van der Waals surface area contributed by atoms with E-state index in [9.17, 15) is 4.39 Å². The van der Waals surface area contributed by atoms with Crippen LogP contribution in [-0.2, 0) is 13.0 Å². The average Bonchev–Trinajstić information content (AvgIpc) is 3.50. The number of nitrogens with zero attached hydrogens (tertiary/aromatic N) is 3. The molecule has 0 aliphatic carbocycles. The van der Waals surface area contributed by atoms with Crippen molar-refractivity contribution in [3.05, 3.63) is 121 Å². The largest absolute Gasteiger partial charge is 0.388 e. The van der Waals surface area contributed by atoms with Crippen molar-refractivity contribution in [2.75, 3.05) is 24.7 Å². The molecule has 250 valence electrons. The quantitative estimate of drug-likeness (QED) is 0.0891. The normalized spacial score (nSPS) is 9.98. The molecular formula is C39H45F2N7. The summed E-state index contributed by atoms with van der Waals surface area (Å²) in [6.07, 6.45) is 13.4. The Bertz CT molecular complexity index is 1870. The summed E-state index contributed by atoms with van der Waals surface area (Å²) in [5.74, 6) is 0.228. The predicted molar refractivity (Wildman–Crippen MR) is 198 cm³/mol. The van der Waals surface area contributed by atoms with E-state index in [-0.39, 0.29) is 17.6 Å². The van der Waals surface area contributed by atoms with E-state index in [0.29, 0.717) is 52.4 Å².